The van der Waals surface area contributed by atoms with Crippen molar-refractivity contribution in [1.82, 2.24) is 15.0 Å². The normalized spacial score (nSPS) is 9.18. The van der Waals surface area contributed by atoms with Gasteiger partial charge in [0.1, 0.15) is 6.33 Å². The predicted molar refractivity (Wildman–Crippen MR) is 176 cm³/mol. The zero-order valence-electron chi connectivity index (χ0n) is 28.4. The smallest absolute Gasteiger partial charge is 0.115 e. The van der Waals surface area contributed by atoms with Gasteiger partial charge >= 0.3 is 0 Å². The summed E-state index contributed by atoms with van der Waals surface area (Å²) >= 11 is 0. The summed E-state index contributed by atoms with van der Waals surface area (Å²) < 4.78 is 0. The van der Waals surface area contributed by atoms with Crippen LogP contribution in [0.5, 0.6) is 0 Å². The van der Waals surface area contributed by atoms with Crippen molar-refractivity contribution >= 4 is 0 Å². The Balaban J connectivity index is -0.000000116. The van der Waals surface area contributed by atoms with Gasteiger partial charge in [0.05, 0.1) is 0 Å². The van der Waals surface area contributed by atoms with Crippen LogP contribution in [0.25, 0.3) is 0 Å². The zero-order chi connectivity index (χ0) is 31.1. The predicted octanol–water partition coefficient (Wildman–Crippen LogP) is 11.7. The number of hydrogen-bond donors (Lipinski definition) is 0. The average molecular weight is 528 g/mol. The molecule has 0 spiro atoms. The molecule has 0 aliphatic rings. The molecule has 2 aromatic heterocycles. The van der Waals surface area contributed by atoms with E-state index in [1.54, 1.807) is 30.9 Å². The van der Waals surface area contributed by atoms with Crippen LogP contribution in [0.2, 0.25) is 0 Å². The highest BCUT2D eigenvalue weighted by Gasteiger charge is 2.11. The van der Waals surface area contributed by atoms with Crippen LogP contribution in [0.3, 0.4) is 0 Å². The second-order valence-electron chi connectivity index (χ2n) is 11.5. The largest absolute Gasteiger partial charge is 0.265 e. The van der Waals surface area contributed by atoms with Gasteiger partial charge in [-0.15, -0.1) is 0 Å². The maximum Gasteiger partial charge on any atom is 0.115 e. The minimum Gasteiger partial charge on any atom is -0.265 e. The second kappa shape index (κ2) is 30.7. The maximum atomic E-state index is 3.78. The van der Waals surface area contributed by atoms with E-state index in [2.05, 4.69) is 121 Å². The Kier molecular flexibility index (Phi) is 36.6. The lowest BCUT2D eigenvalue weighted by molar-refractivity contribution is 0.469. The van der Waals surface area contributed by atoms with E-state index in [1.165, 1.54) is 11.9 Å². The van der Waals surface area contributed by atoms with Crippen molar-refractivity contribution < 1.29 is 0 Å². The Hall–Kier alpha value is -2.55. The van der Waals surface area contributed by atoms with E-state index in [-0.39, 0.29) is 0 Å². The van der Waals surface area contributed by atoms with Gasteiger partial charge in [-0.2, -0.15) is 0 Å². The molecule has 38 heavy (non-hydrogen) atoms. The van der Waals surface area contributed by atoms with E-state index in [9.17, 15) is 0 Å². The summed E-state index contributed by atoms with van der Waals surface area (Å²) in [6.45, 7) is 36.2. The zero-order valence-corrected chi connectivity index (χ0v) is 28.4. The molecular weight excluding hydrogens is 462 g/mol. The molecule has 0 aliphatic heterocycles. The van der Waals surface area contributed by atoms with Gasteiger partial charge in [-0.05, 0) is 40.0 Å². The Morgan fingerprint density at radius 2 is 0.684 bits per heavy atom. The fraction of sp³-hybridized carbons (Fsp3) is 0.571. The lowest BCUT2D eigenvalue weighted by Gasteiger charge is -2.18. The number of pyridine rings is 1. The second-order valence-corrected chi connectivity index (χ2v) is 11.5. The fourth-order valence-corrected chi connectivity index (χ4v) is 1.50. The summed E-state index contributed by atoms with van der Waals surface area (Å²) in [5, 5.41) is 0. The van der Waals surface area contributed by atoms with Gasteiger partial charge in [-0.1, -0.05) is 154 Å². The quantitative estimate of drug-likeness (QED) is 0.292. The van der Waals surface area contributed by atoms with Crippen LogP contribution >= 0.6 is 0 Å². The van der Waals surface area contributed by atoms with E-state index in [0.29, 0.717) is 16.2 Å². The van der Waals surface area contributed by atoms with E-state index in [4.69, 9.17) is 0 Å². The first kappa shape index (κ1) is 45.4. The van der Waals surface area contributed by atoms with Crippen molar-refractivity contribution in [2.75, 3.05) is 0 Å². The molecule has 0 atom stereocenters. The molecule has 0 unspecified atom stereocenters. The van der Waals surface area contributed by atoms with Gasteiger partial charge in [0.2, 0.25) is 0 Å². The maximum absolute atomic E-state index is 3.78. The van der Waals surface area contributed by atoms with Gasteiger partial charge in [-0.25, -0.2) is 9.97 Å². The van der Waals surface area contributed by atoms with Crippen LogP contribution in [0, 0.1) is 10.8 Å². The van der Waals surface area contributed by atoms with Crippen molar-refractivity contribution in [3.63, 3.8) is 0 Å². The minimum absolute atomic E-state index is 0.293. The van der Waals surface area contributed by atoms with E-state index >= 15 is 0 Å². The summed E-state index contributed by atoms with van der Waals surface area (Å²) in [6, 6.07) is 18.0. The monoisotopic (exact) mass is 528 g/mol. The van der Waals surface area contributed by atoms with Gasteiger partial charge in [0.15, 0.2) is 0 Å². The molecule has 1 aromatic carbocycles. The molecule has 220 valence electrons. The summed E-state index contributed by atoms with van der Waals surface area (Å²) in [6.07, 6.45) is 8.38. The highest BCUT2D eigenvalue weighted by atomic mass is 14.8. The molecule has 0 N–H and O–H groups in total. The minimum atomic E-state index is 0.293. The molecule has 0 fully saturated rings. The standard InChI is InChI=1S/C10H14.C5H5N.2C5H12.C4H4N2.3C2H6/c1-10(2,3)9-7-5-4-6-8-9;1-2-4-6-5-3-1;2*1-5(2,3)4;1-2-5-4-6-3-1;3*1-2/h4-8H,1-3H3;1-5H;2*1-4H3;1-4H;3*1-2H3. The van der Waals surface area contributed by atoms with Crippen molar-refractivity contribution in [2.45, 2.75) is 123 Å². The molecule has 2 heterocycles. The van der Waals surface area contributed by atoms with Gasteiger partial charge in [-0.3, -0.25) is 4.98 Å². The summed E-state index contributed by atoms with van der Waals surface area (Å²) in [7, 11) is 0. The highest BCUT2D eigenvalue weighted by molar-refractivity contribution is 5.21. The Morgan fingerprint density at radius 1 is 0.395 bits per heavy atom. The molecule has 3 rings (SSSR count). The SMILES string of the molecule is CC.CC.CC.CC(C)(C)C.CC(C)(C)C.CC(C)(C)c1ccccc1.c1ccncc1.c1cncnc1. The third-order valence-electron chi connectivity index (χ3n) is 2.68. The topological polar surface area (TPSA) is 38.7 Å². The summed E-state index contributed by atoms with van der Waals surface area (Å²) in [4.78, 5) is 11.1. The van der Waals surface area contributed by atoms with Gasteiger partial charge < -0.3 is 0 Å². The molecule has 0 amide bonds. The Morgan fingerprint density at radius 3 is 0.816 bits per heavy atom. The average Bonchev–Trinajstić information content (AvgIpc) is 2.89. The van der Waals surface area contributed by atoms with Gasteiger partial charge in [0.25, 0.3) is 0 Å². The molecule has 0 saturated heterocycles. The lowest BCUT2D eigenvalue weighted by atomic mass is 9.87. The fourth-order valence-electron chi connectivity index (χ4n) is 1.50. The molecule has 3 heteroatoms. The third-order valence-corrected chi connectivity index (χ3v) is 2.68. The number of nitrogens with zero attached hydrogens (tertiary/aromatic N) is 3. The van der Waals surface area contributed by atoms with Crippen LogP contribution in [-0.2, 0) is 5.41 Å². The highest BCUT2D eigenvalue weighted by Crippen LogP contribution is 2.20. The van der Waals surface area contributed by atoms with Crippen LogP contribution in [0.4, 0.5) is 0 Å². The van der Waals surface area contributed by atoms with Crippen LogP contribution < -0.4 is 0 Å². The first-order valence-corrected chi connectivity index (χ1v) is 14.2. The summed E-state index contributed by atoms with van der Waals surface area (Å²) in [5.41, 5.74) is 2.69. The molecule has 0 radical (unpaired) electrons. The first-order valence-electron chi connectivity index (χ1n) is 14.2. The Labute approximate surface area is 240 Å². The third kappa shape index (κ3) is 64.1. The van der Waals surface area contributed by atoms with Crippen molar-refractivity contribution in [1.29, 1.82) is 0 Å². The molecule has 0 saturated carbocycles. The molecule has 3 aromatic rings. The van der Waals surface area contributed by atoms with Crippen LogP contribution in [0.1, 0.15) is 123 Å². The van der Waals surface area contributed by atoms with E-state index in [1.807, 2.05) is 59.7 Å². The molecular formula is C35H65N3. The molecule has 3 nitrogen and oxygen atoms in total. The number of benzene rings is 1. The molecule has 0 aliphatic carbocycles. The van der Waals surface area contributed by atoms with Crippen molar-refractivity contribution in [2.24, 2.45) is 10.8 Å². The van der Waals surface area contributed by atoms with Crippen molar-refractivity contribution in [3.8, 4) is 0 Å². The number of rotatable bonds is 0. The van der Waals surface area contributed by atoms with Gasteiger partial charge in [0, 0.05) is 24.8 Å². The lowest BCUT2D eigenvalue weighted by Crippen LogP contribution is -2.10. The van der Waals surface area contributed by atoms with Crippen molar-refractivity contribution in [3.05, 3.63) is 91.3 Å². The van der Waals surface area contributed by atoms with E-state index < -0.39 is 0 Å². The Bertz CT molecular complexity index is 628. The van der Waals surface area contributed by atoms with Crippen LogP contribution in [-0.4, -0.2) is 15.0 Å². The first-order chi connectivity index (χ1) is 17.6. The number of hydrogen-bond acceptors (Lipinski definition) is 3. The van der Waals surface area contributed by atoms with E-state index in [0.717, 1.165) is 0 Å². The molecule has 0 bridgehead atoms. The van der Waals surface area contributed by atoms with Crippen LogP contribution in [0.15, 0.2) is 85.7 Å². The number of aromatic nitrogens is 3. The summed E-state index contributed by atoms with van der Waals surface area (Å²) in [5.74, 6) is 0.